The van der Waals surface area contributed by atoms with E-state index >= 15 is 0 Å². The minimum atomic E-state index is 0.179. The Labute approximate surface area is 98.0 Å². The minimum absolute atomic E-state index is 0.179. The highest BCUT2D eigenvalue weighted by Crippen LogP contribution is 2.19. The molecule has 1 unspecified atom stereocenters. The van der Waals surface area contributed by atoms with Crippen molar-refractivity contribution in [3.05, 3.63) is 35.4 Å². The van der Waals surface area contributed by atoms with Crippen LogP contribution in [-0.4, -0.2) is 13.2 Å². The molecule has 0 aliphatic rings. The predicted molar refractivity (Wildman–Crippen MR) is 67.0 cm³/mol. The van der Waals surface area contributed by atoms with Gasteiger partial charge in [0, 0.05) is 19.3 Å². The summed E-state index contributed by atoms with van der Waals surface area (Å²) < 4.78 is 5.48. The molecule has 0 saturated carbocycles. The van der Waals surface area contributed by atoms with Gasteiger partial charge in [-0.3, -0.25) is 11.3 Å². The highest BCUT2D eigenvalue weighted by molar-refractivity contribution is 5.28. The third-order valence-corrected chi connectivity index (χ3v) is 2.66. The molecule has 1 aromatic carbocycles. The van der Waals surface area contributed by atoms with Crippen molar-refractivity contribution in [3.8, 4) is 0 Å². The van der Waals surface area contributed by atoms with Crippen LogP contribution in [0.25, 0.3) is 0 Å². The Morgan fingerprint density at radius 1 is 1.31 bits per heavy atom. The molecule has 0 aliphatic carbocycles. The lowest BCUT2D eigenvalue weighted by atomic mass is 10.00. The van der Waals surface area contributed by atoms with Gasteiger partial charge < -0.3 is 4.74 Å². The number of rotatable bonds is 7. The van der Waals surface area contributed by atoms with Gasteiger partial charge in [-0.05, 0) is 30.9 Å². The van der Waals surface area contributed by atoms with E-state index in [4.69, 9.17) is 10.6 Å². The molecule has 0 radical (unpaired) electrons. The van der Waals surface area contributed by atoms with E-state index < -0.39 is 0 Å². The zero-order valence-electron chi connectivity index (χ0n) is 10.2. The summed E-state index contributed by atoms with van der Waals surface area (Å²) in [6.07, 6.45) is 1.96. The number of nitrogens with two attached hydrogens (primary N) is 1. The molecule has 16 heavy (non-hydrogen) atoms. The molecule has 0 aromatic heterocycles. The lowest BCUT2D eigenvalue weighted by molar-refractivity contribution is 0.124. The number of hydrazine groups is 1. The lowest BCUT2D eigenvalue weighted by Gasteiger charge is -2.18. The molecule has 1 rings (SSSR count). The van der Waals surface area contributed by atoms with E-state index in [9.17, 15) is 0 Å². The monoisotopic (exact) mass is 222 g/mol. The number of aryl methyl sites for hydroxylation is 1. The number of benzene rings is 1. The maximum atomic E-state index is 5.58. The van der Waals surface area contributed by atoms with Crippen LogP contribution in [0.4, 0.5) is 0 Å². The largest absolute Gasteiger partial charge is 0.381 e. The molecular weight excluding hydrogens is 200 g/mol. The van der Waals surface area contributed by atoms with Gasteiger partial charge in [0.25, 0.3) is 0 Å². The smallest absolute Gasteiger partial charge is 0.0484 e. The Morgan fingerprint density at radius 3 is 2.69 bits per heavy atom. The Bertz CT molecular complexity index is 302. The van der Waals surface area contributed by atoms with Crippen LogP contribution in [-0.2, 0) is 4.74 Å². The van der Waals surface area contributed by atoms with Gasteiger partial charge in [0.2, 0.25) is 0 Å². The molecular formula is C13H22N2O. The van der Waals surface area contributed by atoms with Crippen molar-refractivity contribution in [2.75, 3.05) is 13.2 Å². The molecule has 0 spiro atoms. The number of hydrogen-bond acceptors (Lipinski definition) is 3. The predicted octanol–water partition coefficient (Wildman–Crippen LogP) is 2.32. The molecule has 0 fully saturated rings. The van der Waals surface area contributed by atoms with E-state index in [0.717, 1.165) is 26.1 Å². The first-order valence-corrected chi connectivity index (χ1v) is 5.89. The van der Waals surface area contributed by atoms with E-state index in [1.54, 1.807) is 0 Å². The molecule has 3 N–H and O–H groups in total. The first kappa shape index (κ1) is 13.2. The molecule has 0 bridgehead atoms. The van der Waals surface area contributed by atoms with Crippen LogP contribution in [0.1, 0.15) is 36.9 Å². The average molecular weight is 222 g/mol. The average Bonchev–Trinajstić information content (AvgIpc) is 2.31. The van der Waals surface area contributed by atoms with Crippen LogP contribution < -0.4 is 11.3 Å². The Kier molecular flexibility index (Phi) is 6.08. The van der Waals surface area contributed by atoms with Crippen molar-refractivity contribution < 1.29 is 4.74 Å². The number of ether oxygens (including phenoxy) is 1. The van der Waals surface area contributed by atoms with Crippen molar-refractivity contribution in [1.82, 2.24) is 5.43 Å². The first-order valence-electron chi connectivity index (χ1n) is 5.89. The van der Waals surface area contributed by atoms with Crippen molar-refractivity contribution in [2.45, 2.75) is 32.7 Å². The SMILES string of the molecule is CCCOCCC(NN)c1ccccc1C. The summed E-state index contributed by atoms with van der Waals surface area (Å²) in [4.78, 5) is 0. The van der Waals surface area contributed by atoms with Crippen molar-refractivity contribution in [2.24, 2.45) is 5.84 Å². The molecule has 0 heterocycles. The highest BCUT2D eigenvalue weighted by atomic mass is 16.5. The lowest BCUT2D eigenvalue weighted by Crippen LogP contribution is -2.29. The van der Waals surface area contributed by atoms with Crippen LogP contribution in [0.15, 0.2) is 24.3 Å². The normalized spacial score (nSPS) is 12.7. The van der Waals surface area contributed by atoms with Gasteiger partial charge in [-0.2, -0.15) is 0 Å². The third kappa shape index (κ3) is 3.93. The Hall–Kier alpha value is -0.900. The third-order valence-electron chi connectivity index (χ3n) is 2.66. The molecule has 1 atom stereocenters. The van der Waals surface area contributed by atoms with Crippen LogP contribution in [0, 0.1) is 6.92 Å². The van der Waals surface area contributed by atoms with E-state index in [2.05, 4.69) is 31.4 Å². The number of nitrogens with one attached hydrogen (secondary N) is 1. The molecule has 1 aromatic rings. The van der Waals surface area contributed by atoms with E-state index in [1.807, 2.05) is 12.1 Å². The molecule has 3 heteroatoms. The van der Waals surface area contributed by atoms with Gasteiger partial charge in [-0.1, -0.05) is 31.2 Å². The fraction of sp³-hybridized carbons (Fsp3) is 0.538. The maximum absolute atomic E-state index is 5.58. The number of hydrogen-bond donors (Lipinski definition) is 2. The van der Waals surface area contributed by atoms with E-state index in [0.29, 0.717) is 0 Å². The second-order valence-corrected chi connectivity index (χ2v) is 3.98. The van der Waals surface area contributed by atoms with Gasteiger partial charge in [-0.25, -0.2) is 0 Å². The zero-order chi connectivity index (χ0) is 11.8. The van der Waals surface area contributed by atoms with Crippen LogP contribution >= 0.6 is 0 Å². The molecule has 0 saturated heterocycles. The van der Waals surface area contributed by atoms with E-state index in [-0.39, 0.29) is 6.04 Å². The standard InChI is InChI=1S/C13H22N2O/c1-3-9-16-10-8-13(15-14)12-7-5-4-6-11(12)2/h4-7,13,15H,3,8-10,14H2,1-2H3. The highest BCUT2D eigenvalue weighted by Gasteiger charge is 2.10. The van der Waals surface area contributed by atoms with Crippen molar-refractivity contribution in [1.29, 1.82) is 0 Å². The van der Waals surface area contributed by atoms with E-state index in [1.165, 1.54) is 11.1 Å². The Morgan fingerprint density at radius 2 is 2.06 bits per heavy atom. The zero-order valence-corrected chi connectivity index (χ0v) is 10.2. The first-order chi connectivity index (χ1) is 7.79. The molecule has 3 nitrogen and oxygen atoms in total. The minimum Gasteiger partial charge on any atom is -0.381 e. The quantitative estimate of drug-likeness (QED) is 0.423. The summed E-state index contributed by atoms with van der Waals surface area (Å²) in [6.45, 7) is 5.79. The van der Waals surface area contributed by atoms with Gasteiger partial charge in [-0.15, -0.1) is 0 Å². The summed E-state index contributed by atoms with van der Waals surface area (Å²) in [7, 11) is 0. The maximum Gasteiger partial charge on any atom is 0.0484 e. The molecule has 0 amide bonds. The second-order valence-electron chi connectivity index (χ2n) is 3.98. The summed E-state index contributed by atoms with van der Waals surface area (Å²) in [6, 6.07) is 8.48. The van der Waals surface area contributed by atoms with Gasteiger partial charge in [0.1, 0.15) is 0 Å². The second kappa shape index (κ2) is 7.39. The summed E-state index contributed by atoms with van der Waals surface area (Å²) >= 11 is 0. The Balaban J connectivity index is 2.51. The summed E-state index contributed by atoms with van der Waals surface area (Å²) in [5.74, 6) is 5.58. The van der Waals surface area contributed by atoms with Crippen LogP contribution in [0.5, 0.6) is 0 Å². The van der Waals surface area contributed by atoms with Gasteiger partial charge in [0.05, 0.1) is 0 Å². The van der Waals surface area contributed by atoms with Gasteiger partial charge in [0.15, 0.2) is 0 Å². The van der Waals surface area contributed by atoms with Gasteiger partial charge >= 0.3 is 0 Å². The van der Waals surface area contributed by atoms with Crippen LogP contribution in [0.2, 0.25) is 0 Å². The van der Waals surface area contributed by atoms with Crippen LogP contribution in [0.3, 0.4) is 0 Å². The molecule has 0 aliphatic heterocycles. The topological polar surface area (TPSA) is 47.3 Å². The fourth-order valence-electron chi connectivity index (χ4n) is 1.75. The van der Waals surface area contributed by atoms with Crippen molar-refractivity contribution in [3.63, 3.8) is 0 Å². The molecule has 90 valence electrons. The van der Waals surface area contributed by atoms with Crippen molar-refractivity contribution >= 4 is 0 Å². The summed E-state index contributed by atoms with van der Waals surface area (Å²) in [5, 5.41) is 0. The fourth-order valence-corrected chi connectivity index (χ4v) is 1.75. The summed E-state index contributed by atoms with van der Waals surface area (Å²) in [5.41, 5.74) is 5.38.